The standard InChI is InChI=1S/C17H25N3S/c1-19-14-7-8-15(19)12-20(10-9-14)16(11-17(18)21)13-5-3-2-4-6-13/h2-6,14-16H,7-12H2,1H3,(H2,18,21). The van der Waals surface area contributed by atoms with Gasteiger partial charge in [-0.2, -0.15) is 0 Å². The maximum absolute atomic E-state index is 5.87. The lowest BCUT2D eigenvalue weighted by Crippen LogP contribution is -2.39. The Morgan fingerprint density at radius 3 is 2.67 bits per heavy atom. The first-order valence-corrected chi connectivity index (χ1v) is 8.35. The van der Waals surface area contributed by atoms with Crippen LogP contribution in [0.2, 0.25) is 0 Å². The van der Waals surface area contributed by atoms with Crippen molar-refractivity contribution in [1.29, 1.82) is 0 Å². The zero-order valence-corrected chi connectivity index (χ0v) is 13.6. The molecular formula is C17H25N3S. The maximum atomic E-state index is 5.87. The number of hydrogen-bond donors (Lipinski definition) is 1. The molecule has 3 nitrogen and oxygen atoms in total. The van der Waals surface area contributed by atoms with Crippen molar-refractivity contribution in [3.8, 4) is 0 Å². The van der Waals surface area contributed by atoms with Crippen molar-refractivity contribution in [3.63, 3.8) is 0 Å². The molecule has 3 unspecified atom stereocenters. The first kappa shape index (κ1) is 14.9. The van der Waals surface area contributed by atoms with E-state index < -0.39 is 0 Å². The molecule has 0 radical (unpaired) electrons. The smallest absolute Gasteiger partial charge is 0.0746 e. The van der Waals surface area contributed by atoms with Crippen LogP contribution in [0.4, 0.5) is 0 Å². The SMILES string of the molecule is CN1C2CCC1CN(C(CC(N)=S)c1ccccc1)CC2. The number of rotatable bonds is 4. The Balaban J connectivity index is 1.81. The van der Waals surface area contributed by atoms with Crippen molar-refractivity contribution in [3.05, 3.63) is 35.9 Å². The Morgan fingerprint density at radius 2 is 1.95 bits per heavy atom. The van der Waals surface area contributed by atoms with Crippen molar-refractivity contribution >= 4 is 17.2 Å². The van der Waals surface area contributed by atoms with Gasteiger partial charge in [0.1, 0.15) is 0 Å². The molecule has 0 amide bonds. The van der Waals surface area contributed by atoms with Gasteiger partial charge < -0.3 is 5.73 Å². The summed E-state index contributed by atoms with van der Waals surface area (Å²) in [5.74, 6) is 0. The second-order valence-electron chi connectivity index (χ2n) is 6.43. The summed E-state index contributed by atoms with van der Waals surface area (Å²) < 4.78 is 0. The second-order valence-corrected chi connectivity index (χ2v) is 6.96. The van der Waals surface area contributed by atoms with Crippen molar-refractivity contribution in [2.45, 2.75) is 43.8 Å². The minimum Gasteiger partial charge on any atom is -0.393 e. The molecule has 21 heavy (non-hydrogen) atoms. The Morgan fingerprint density at radius 1 is 1.24 bits per heavy atom. The first-order valence-electron chi connectivity index (χ1n) is 7.94. The summed E-state index contributed by atoms with van der Waals surface area (Å²) in [7, 11) is 2.29. The highest BCUT2D eigenvalue weighted by Gasteiger charge is 2.36. The van der Waals surface area contributed by atoms with Gasteiger partial charge in [-0.1, -0.05) is 42.5 Å². The summed E-state index contributed by atoms with van der Waals surface area (Å²) in [6.07, 6.45) is 4.72. The number of nitrogens with two attached hydrogens (primary N) is 1. The Kier molecular flexibility index (Phi) is 4.57. The maximum Gasteiger partial charge on any atom is 0.0746 e. The molecule has 3 atom stereocenters. The molecule has 3 rings (SSSR count). The third-order valence-electron chi connectivity index (χ3n) is 5.20. The molecule has 2 bridgehead atoms. The lowest BCUT2D eigenvalue weighted by molar-refractivity contribution is 0.175. The predicted molar refractivity (Wildman–Crippen MR) is 91.3 cm³/mol. The van der Waals surface area contributed by atoms with Crippen molar-refractivity contribution in [1.82, 2.24) is 9.80 Å². The fraction of sp³-hybridized carbons (Fsp3) is 0.588. The molecule has 0 aromatic heterocycles. The van der Waals surface area contributed by atoms with E-state index in [1.165, 1.54) is 24.8 Å². The molecule has 1 aromatic rings. The molecule has 114 valence electrons. The largest absolute Gasteiger partial charge is 0.393 e. The molecule has 2 heterocycles. The fourth-order valence-corrected chi connectivity index (χ4v) is 4.10. The highest BCUT2D eigenvalue weighted by Crippen LogP contribution is 2.33. The third kappa shape index (κ3) is 3.28. The Bertz CT molecular complexity index is 490. The molecule has 2 N–H and O–H groups in total. The summed E-state index contributed by atoms with van der Waals surface area (Å²) in [4.78, 5) is 5.81. The molecule has 0 spiro atoms. The summed E-state index contributed by atoms with van der Waals surface area (Å²) in [6, 6.07) is 12.5. The topological polar surface area (TPSA) is 32.5 Å². The van der Waals surface area contributed by atoms with E-state index >= 15 is 0 Å². The van der Waals surface area contributed by atoms with Crippen LogP contribution in [0.5, 0.6) is 0 Å². The van der Waals surface area contributed by atoms with Crippen molar-refractivity contribution in [2.75, 3.05) is 20.1 Å². The van der Waals surface area contributed by atoms with Gasteiger partial charge in [-0.3, -0.25) is 9.80 Å². The van der Waals surface area contributed by atoms with Crippen LogP contribution in [0.3, 0.4) is 0 Å². The van der Waals surface area contributed by atoms with E-state index in [2.05, 4.69) is 47.2 Å². The van der Waals surface area contributed by atoms with Crippen molar-refractivity contribution < 1.29 is 0 Å². The highest BCUT2D eigenvalue weighted by atomic mass is 32.1. The quantitative estimate of drug-likeness (QED) is 0.867. The first-order chi connectivity index (χ1) is 10.1. The van der Waals surface area contributed by atoms with Crippen LogP contribution >= 0.6 is 12.2 Å². The molecule has 0 aliphatic carbocycles. The monoisotopic (exact) mass is 303 g/mol. The van der Waals surface area contributed by atoms with E-state index in [0.717, 1.165) is 25.6 Å². The Labute approximate surface area is 133 Å². The van der Waals surface area contributed by atoms with E-state index in [-0.39, 0.29) is 0 Å². The van der Waals surface area contributed by atoms with Crippen LogP contribution in [-0.4, -0.2) is 47.0 Å². The van der Waals surface area contributed by atoms with Crippen LogP contribution < -0.4 is 5.73 Å². The molecule has 0 saturated carbocycles. The van der Waals surface area contributed by atoms with Crippen LogP contribution in [0.25, 0.3) is 0 Å². The number of likely N-dealkylation sites (tertiary alicyclic amines) is 1. The summed E-state index contributed by atoms with van der Waals surface area (Å²) >= 11 is 5.21. The molecule has 2 fully saturated rings. The van der Waals surface area contributed by atoms with Gasteiger partial charge in [0.2, 0.25) is 0 Å². The van der Waals surface area contributed by atoms with E-state index in [1.54, 1.807) is 0 Å². The van der Waals surface area contributed by atoms with Crippen molar-refractivity contribution in [2.24, 2.45) is 5.73 Å². The van der Waals surface area contributed by atoms with Crippen LogP contribution in [-0.2, 0) is 0 Å². The van der Waals surface area contributed by atoms with Gasteiger partial charge >= 0.3 is 0 Å². The van der Waals surface area contributed by atoms with Gasteiger partial charge in [0.15, 0.2) is 0 Å². The van der Waals surface area contributed by atoms with E-state index in [1.807, 2.05) is 0 Å². The molecule has 2 saturated heterocycles. The second kappa shape index (κ2) is 6.42. The predicted octanol–water partition coefficient (Wildman–Crippen LogP) is 2.57. The van der Waals surface area contributed by atoms with Crippen LogP contribution in [0, 0.1) is 0 Å². The highest BCUT2D eigenvalue weighted by molar-refractivity contribution is 7.80. The zero-order chi connectivity index (χ0) is 14.8. The molecule has 2 aliphatic rings. The lowest BCUT2D eigenvalue weighted by atomic mass is 9.99. The number of likely N-dealkylation sites (N-methyl/N-ethyl adjacent to an activating group) is 1. The minimum atomic E-state index is 0.330. The van der Waals surface area contributed by atoms with Gasteiger partial charge in [-0.05, 0) is 31.9 Å². The zero-order valence-electron chi connectivity index (χ0n) is 12.7. The normalized spacial score (nSPS) is 28.2. The third-order valence-corrected chi connectivity index (χ3v) is 5.37. The summed E-state index contributed by atoms with van der Waals surface area (Å²) in [6.45, 7) is 2.28. The van der Waals surface area contributed by atoms with Gasteiger partial charge in [0.05, 0.1) is 4.99 Å². The molecular weight excluding hydrogens is 278 g/mol. The minimum absolute atomic E-state index is 0.330. The van der Waals surface area contributed by atoms with Crippen LogP contribution in [0.15, 0.2) is 30.3 Å². The van der Waals surface area contributed by atoms with Gasteiger partial charge in [-0.15, -0.1) is 0 Å². The van der Waals surface area contributed by atoms with E-state index in [0.29, 0.717) is 17.1 Å². The van der Waals surface area contributed by atoms with Gasteiger partial charge in [-0.25, -0.2) is 0 Å². The Hall–Kier alpha value is -0.970. The summed E-state index contributed by atoms with van der Waals surface area (Å²) in [5.41, 5.74) is 7.21. The average molecular weight is 303 g/mol. The molecule has 4 heteroatoms. The summed E-state index contributed by atoms with van der Waals surface area (Å²) in [5, 5.41) is 0. The van der Waals surface area contributed by atoms with Gasteiger partial charge in [0.25, 0.3) is 0 Å². The van der Waals surface area contributed by atoms with E-state index in [4.69, 9.17) is 18.0 Å². The number of nitrogens with zero attached hydrogens (tertiary/aromatic N) is 2. The number of fused-ring (bicyclic) bond motifs is 2. The molecule has 2 aliphatic heterocycles. The number of benzene rings is 1. The number of hydrogen-bond acceptors (Lipinski definition) is 3. The molecule has 1 aromatic carbocycles. The van der Waals surface area contributed by atoms with Gasteiger partial charge in [0, 0.05) is 37.6 Å². The average Bonchev–Trinajstić information content (AvgIpc) is 2.71. The fourth-order valence-electron chi connectivity index (χ4n) is 3.94. The number of thiocarbonyl (C=S) groups is 1. The lowest BCUT2D eigenvalue weighted by Gasteiger charge is -2.33. The van der Waals surface area contributed by atoms with E-state index in [9.17, 15) is 0 Å². The van der Waals surface area contributed by atoms with Crippen LogP contribution in [0.1, 0.15) is 37.3 Å².